The van der Waals surface area contributed by atoms with Gasteiger partial charge in [0.2, 0.25) is 0 Å². The first-order chi connectivity index (χ1) is 11.7. The number of rotatable bonds is 5. The molecule has 0 spiro atoms. The lowest BCUT2D eigenvalue weighted by molar-refractivity contribution is -0.274. The summed E-state index contributed by atoms with van der Waals surface area (Å²) in [7, 11) is 0. The number of amides is 2. The van der Waals surface area contributed by atoms with Crippen molar-refractivity contribution in [2.75, 3.05) is 19.6 Å². The van der Waals surface area contributed by atoms with Crippen LogP contribution in [0.1, 0.15) is 18.4 Å². The van der Waals surface area contributed by atoms with E-state index in [0.717, 1.165) is 5.56 Å². The van der Waals surface area contributed by atoms with Crippen molar-refractivity contribution in [1.82, 2.24) is 10.2 Å². The quantitative estimate of drug-likeness (QED) is 0.846. The number of aliphatic carboxylic acids is 1. The van der Waals surface area contributed by atoms with Crippen molar-refractivity contribution in [3.8, 4) is 5.75 Å². The number of carbonyl (C=O) groups excluding carboxylic acids is 1. The third-order valence-electron chi connectivity index (χ3n) is 3.98. The maximum Gasteiger partial charge on any atom is 0.573 e. The van der Waals surface area contributed by atoms with E-state index in [4.69, 9.17) is 5.11 Å². The fraction of sp³-hybridized carbons (Fsp3) is 0.500. The maximum absolute atomic E-state index is 12.1. The predicted molar refractivity (Wildman–Crippen MR) is 82.2 cm³/mol. The van der Waals surface area contributed by atoms with Gasteiger partial charge in [-0.05, 0) is 37.0 Å². The van der Waals surface area contributed by atoms with E-state index in [-0.39, 0.29) is 11.8 Å². The van der Waals surface area contributed by atoms with Gasteiger partial charge in [-0.3, -0.25) is 4.79 Å². The second-order valence-corrected chi connectivity index (χ2v) is 5.77. The number of nitrogens with one attached hydrogen (secondary N) is 1. The SMILES string of the molecule is O=C(O)C1CCN(C(=O)NCCc2ccc(OC(F)(F)F)cc2)CC1. The van der Waals surface area contributed by atoms with Crippen LogP contribution in [0.25, 0.3) is 0 Å². The molecule has 0 atom stereocenters. The monoisotopic (exact) mass is 360 g/mol. The molecule has 0 aliphatic carbocycles. The Morgan fingerprint density at radius 3 is 2.32 bits per heavy atom. The molecule has 1 aromatic rings. The first-order valence-corrected chi connectivity index (χ1v) is 7.85. The number of nitrogens with zero attached hydrogens (tertiary/aromatic N) is 1. The summed E-state index contributed by atoms with van der Waals surface area (Å²) in [4.78, 5) is 24.4. The van der Waals surface area contributed by atoms with Gasteiger partial charge in [0.1, 0.15) is 5.75 Å². The molecule has 6 nitrogen and oxygen atoms in total. The summed E-state index contributed by atoms with van der Waals surface area (Å²) in [6.45, 7) is 1.12. The molecule has 138 valence electrons. The fourth-order valence-electron chi connectivity index (χ4n) is 2.61. The lowest BCUT2D eigenvalue weighted by Crippen LogP contribution is -2.45. The average molecular weight is 360 g/mol. The first-order valence-electron chi connectivity index (χ1n) is 7.85. The number of urea groups is 1. The van der Waals surface area contributed by atoms with Crippen LogP contribution in [0.2, 0.25) is 0 Å². The number of ether oxygens (including phenoxy) is 1. The molecule has 2 rings (SSSR count). The minimum absolute atomic E-state index is 0.263. The third-order valence-corrected chi connectivity index (χ3v) is 3.98. The summed E-state index contributed by atoms with van der Waals surface area (Å²) in [5.41, 5.74) is 0.763. The third kappa shape index (κ3) is 6.17. The number of carboxylic acids is 1. The molecule has 1 heterocycles. The summed E-state index contributed by atoms with van der Waals surface area (Å²) in [5.74, 6) is -1.53. The molecule has 1 aliphatic heterocycles. The van der Waals surface area contributed by atoms with Gasteiger partial charge in [-0.1, -0.05) is 12.1 Å². The molecule has 25 heavy (non-hydrogen) atoms. The van der Waals surface area contributed by atoms with Gasteiger partial charge in [-0.2, -0.15) is 0 Å². The molecule has 0 unspecified atom stereocenters. The van der Waals surface area contributed by atoms with Crippen molar-refractivity contribution < 1.29 is 32.6 Å². The Bertz CT molecular complexity index is 596. The Kier molecular flexibility index (Phi) is 6.11. The predicted octanol–water partition coefficient (Wildman–Crippen LogP) is 2.63. The van der Waals surface area contributed by atoms with Crippen LogP contribution in [0.3, 0.4) is 0 Å². The van der Waals surface area contributed by atoms with Gasteiger partial charge in [0.25, 0.3) is 0 Å². The highest BCUT2D eigenvalue weighted by Gasteiger charge is 2.31. The lowest BCUT2D eigenvalue weighted by atomic mass is 9.97. The van der Waals surface area contributed by atoms with Gasteiger partial charge >= 0.3 is 18.4 Å². The lowest BCUT2D eigenvalue weighted by Gasteiger charge is -2.30. The highest BCUT2D eigenvalue weighted by molar-refractivity contribution is 5.75. The van der Waals surface area contributed by atoms with Crippen LogP contribution < -0.4 is 10.1 Å². The maximum atomic E-state index is 12.1. The van der Waals surface area contributed by atoms with Gasteiger partial charge in [-0.25, -0.2) is 4.79 Å². The van der Waals surface area contributed by atoms with E-state index < -0.39 is 18.2 Å². The van der Waals surface area contributed by atoms with E-state index in [2.05, 4.69) is 10.1 Å². The summed E-state index contributed by atoms with van der Waals surface area (Å²) in [5, 5.41) is 11.6. The van der Waals surface area contributed by atoms with Crippen LogP contribution in [0.5, 0.6) is 5.75 Å². The molecule has 1 fully saturated rings. The Morgan fingerprint density at radius 2 is 1.80 bits per heavy atom. The van der Waals surface area contributed by atoms with E-state index in [1.54, 1.807) is 4.90 Å². The average Bonchev–Trinajstić information content (AvgIpc) is 2.55. The van der Waals surface area contributed by atoms with Gasteiger partial charge < -0.3 is 20.1 Å². The van der Waals surface area contributed by atoms with Crippen molar-refractivity contribution in [3.63, 3.8) is 0 Å². The smallest absolute Gasteiger partial charge is 0.481 e. The van der Waals surface area contributed by atoms with Crippen LogP contribution in [-0.4, -0.2) is 48.0 Å². The second kappa shape index (κ2) is 8.09. The summed E-state index contributed by atoms with van der Waals surface area (Å²) in [6.07, 6.45) is -3.39. The molecule has 0 saturated carbocycles. The number of hydrogen-bond acceptors (Lipinski definition) is 3. The molecule has 0 bridgehead atoms. The zero-order valence-corrected chi connectivity index (χ0v) is 13.4. The molecule has 0 aromatic heterocycles. The summed E-state index contributed by atoms with van der Waals surface area (Å²) in [6, 6.07) is 5.20. The van der Waals surface area contributed by atoms with Crippen LogP contribution >= 0.6 is 0 Å². The second-order valence-electron chi connectivity index (χ2n) is 5.77. The molecular weight excluding hydrogens is 341 g/mol. The molecule has 0 radical (unpaired) electrons. The minimum atomic E-state index is -4.72. The number of likely N-dealkylation sites (tertiary alicyclic amines) is 1. The number of benzene rings is 1. The van der Waals surface area contributed by atoms with Crippen LogP contribution in [-0.2, 0) is 11.2 Å². The van der Waals surface area contributed by atoms with Crippen LogP contribution in [0, 0.1) is 5.92 Å². The van der Waals surface area contributed by atoms with E-state index >= 15 is 0 Å². The minimum Gasteiger partial charge on any atom is -0.481 e. The Hall–Kier alpha value is -2.45. The van der Waals surface area contributed by atoms with Crippen molar-refractivity contribution in [2.24, 2.45) is 5.92 Å². The van der Waals surface area contributed by atoms with Gasteiger partial charge in [0.05, 0.1) is 5.92 Å². The first kappa shape index (κ1) is 18.9. The molecule has 1 saturated heterocycles. The fourth-order valence-corrected chi connectivity index (χ4v) is 2.61. The number of piperidine rings is 1. The zero-order chi connectivity index (χ0) is 18.4. The normalized spacial score (nSPS) is 15.7. The van der Waals surface area contributed by atoms with E-state index in [1.165, 1.54) is 24.3 Å². The topological polar surface area (TPSA) is 78.9 Å². The largest absolute Gasteiger partial charge is 0.573 e. The van der Waals surface area contributed by atoms with Crippen LogP contribution in [0.4, 0.5) is 18.0 Å². The highest BCUT2D eigenvalue weighted by atomic mass is 19.4. The molecule has 2 amide bonds. The molecule has 2 N–H and O–H groups in total. The standard InChI is InChI=1S/C16H19F3N2O4/c17-16(18,19)25-13-3-1-11(2-4-13)5-8-20-15(24)21-9-6-12(7-10-21)14(22)23/h1-4,12H,5-10H2,(H,20,24)(H,22,23). The van der Waals surface area contributed by atoms with E-state index in [0.29, 0.717) is 38.9 Å². The van der Waals surface area contributed by atoms with Gasteiger partial charge in [-0.15, -0.1) is 13.2 Å². The summed E-state index contributed by atoms with van der Waals surface area (Å²) < 4.78 is 40.0. The van der Waals surface area contributed by atoms with Gasteiger partial charge in [0.15, 0.2) is 0 Å². The number of alkyl halides is 3. The number of hydrogen-bond donors (Lipinski definition) is 2. The van der Waals surface area contributed by atoms with Crippen molar-refractivity contribution in [1.29, 1.82) is 0 Å². The van der Waals surface area contributed by atoms with Crippen molar-refractivity contribution in [3.05, 3.63) is 29.8 Å². The Labute approximate surface area is 142 Å². The van der Waals surface area contributed by atoms with Gasteiger partial charge in [0, 0.05) is 19.6 Å². The van der Waals surface area contributed by atoms with E-state index in [9.17, 15) is 22.8 Å². The molecule has 9 heteroatoms. The molecule has 1 aromatic carbocycles. The molecular formula is C16H19F3N2O4. The highest BCUT2D eigenvalue weighted by Crippen LogP contribution is 2.22. The molecule has 1 aliphatic rings. The van der Waals surface area contributed by atoms with Crippen LogP contribution in [0.15, 0.2) is 24.3 Å². The number of carbonyl (C=O) groups is 2. The number of carboxylic acid groups (broad SMARTS) is 1. The van der Waals surface area contributed by atoms with Crippen molar-refractivity contribution in [2.45, 2.75) is 25.6 Å². The van der Waals surface area contributed by atoms with Crippen molar-refractivity contribution >= 4 is 12.0 Å². The summed E-state index contributed by atoms with van der Waals surface area (Å²) >= 11 is 0. The zero-order valence-electron chi connectivity index (χ0n) is 13.4. The Morgan fingerprint density at radius 1 is 1.20 bits per heavy atom. The number of halogens is 3. The Balaban J connectivity index is 1.72. The van der Waals surface area contributed by atoms with E-state index in [1.807, 2.05) is 0 Å².